The normalized spacial score (nSPS) is 14.3. The van der Waals surface area contributed by atoms with E-state index in [9.17, 15) is 23.2 Å². The highest BCUT2D eigenvalue weighted by molar-refractivity contribution is 9.10. The highest BCUT2D eigenvalue weighted by Crippen LogP contribution is 2.33. The molecular formula is C13H9BrF2N2O5. The van der Waals surface area contributed by atoms with Crippen molar-refractivity contribution in [1.82, 2.24) is 4.90 Å². The molecule has 1 aromatic carbocycles. The molecule has 7 nitrogen and oxygen atoms in total. The quantitative estimate of drug-likeness (QED) is 0.513. The molecule has 1 aromatic rings. The maximum atomic E-state index is 13.6. The molecule has 23 heavy (non-hydrogen) atoms. The minimum absolute atomic E-state index is 0.246. The van der Waals surface area contributed by atoms with Crippen molar-refractivity contribution in [1.29, 1.82) is 0 Å². The van der Waals surface area contributed by atoms with E-state index < -0.39 is 51.7 Å². The van der Waals surface area contributed by atoms with Gasteiger partial charge in [0.15, 0.2) is 11.6 Å². The summed E-state index contributed by atoms with van der Waals surface area (Å²) in [6.45, 7) is -0.696. The standard InChI is InChI=1S/C13H9BrF2N2O5/c14-9-10(16)6(15)3-5(13(22)23)11(9)17-7-4-8(20)18(1-2-19)12(7)21/h3-4,17,19H,1-2H2,(H,22,23). The SMILES string of the molecule is O=C(O)c1cc(F)c(F)c(Br)c1NC1=CC(=O)N(CCO)C1=O. The summed E-state index contributed by atoms with van der Waals surface area (Å²) in [6.07, 6.45) is 0.872. The number of β-amino-alcohol motifs (C(OH)–C–C–N with tert-alkyl or cyclic N) is 1. The Morgan fingerprint density at radius 2 is 2.00 bits per heavy atom. The summed E-state index contributed by atoms with van der Waals surface area (Å²) in [5.41, 5.74) is -1.36. The Labute approximate surface area is 136 Å². The molecule has 1 aliphatic heterocycles. The summed E-state index contributed by atoms with van der Waals surface area (Å²) < 4.78 is 26.4. The number of benzene rings is 1. The topological polar surface area (TPSA) is 107 Å². The molecule has 0 radical (unpaired) electrons. The zero-order valence-electron chi connectivity index (χ0n) is 11.3. The minimum atomic E-state index is -1.56. The zero-order chi connectivity index (χ0) is 17.3. The number of aromatic carboxylic acids is 1. The van der Waals surface area contributed by atoms with Crippen molar-refractivity contribution in [2.45, 2.75) is 0 Å². The van der Waals surface area contributed by atoms with Gasteiger partial charge in [0.05, 0.1) is 28.9 Å². The van der Waals surface area contributed by atoms with Crippen LogP contribution in [0.1, 0.15) is 10.4 Å². The first kappa shape index (κ1) is 17.0. The van der Waals surface area contributed by atoms with Crippen molar-refractivity contribution in [2.24, 2.45) is 0 Å². The summed E-state index contributed by atoms with van der Waals surface area (Å²) in [4.78, 5) is 35.5. The molecule has 122 valence electrons. The molecule has 1 aliphatic rings. The van der Waals surface area contributed by atoms with Crippen molar-refractivity contribution in [3.8, 4) is 0 Å². The van der Waals surface area contributed by atoms with Crippen LogP contribution in [-0.4, -0.2) is 46.0 Å². The van der Waals surface area contributed by atoms with Gasteiger partial charge in [0.2, 0.25) is 0 Å². The number of aliphatic hydroxyl groups is 1. The van der Waals surface area contributed by atoms with Crippen molar-refractivity contribution in [3.05, 3.63) is 39.5 Å². The highest BCUT2D eigenvalue weighted by Gasteiger charge is 2.32. The van der Waals surface area contributed by atoms with Gasteiger partial charge in [0.1, 0.15) is 5.70 Å². The second kappa shape index (κ2) is 6.42. The molecule has 0 aromatic heterocycles. The van der Waals surface area contributed by atoms with Crippen LogP contribution in [-0.2, 0) is 9.59 Å². The van der Waals surface area contributed by atoms with E-state index in [0.717, 1.165) is 11.0 Å². The molecule has 0 unspecified atom stereocenters. The molecule has 0 aliphatic carbocycles. The first-order valence-corrected chi connectivity index (χ1v) is 6.93. The number of rotatable bonds is 5. The van der Waals surface area contributed by atoms with E-state index in [1.54, 1.807) is 0 Å². The molecular weight excluding hydrogens is 382 g/mol. The van der Waals surface area contributed by atoms with Gasteiger partial charge in [-0.15, -0.1) is 0 Å². The third-order valence-corrected chi connectivity index (χ3v) is 3.73. The average molecular weight is 391 g/mol. The Morgan fingerprint density at radius 1 is 1.35 bits per heavy atom. The second-order valence-electron chi connectivity index (χ2n) is 4.42. The molecule has 3 N–H and O–H groups in total. The van der Waals surface area contributed by atoms with Gasteiger partial charge in [0.25, 0.3) is 11.8 Å². The fourth-order valence-corrected chi connectivity index (χ4v) is 2.43. The highest BCUT2D eigenvalue weighted by atomic mass is 79.9. The van der Waals surface area contributed by atoms with Crippen LogP contribution in [0.5, 0.6) is 0 Å². The van der Waals surface area contributed by atoms with Crippen molar-refractivity contribution in [3.63, 3.8) is 0 Å². The predicted octanol–water partition coefficient (Wildman–Crippen LogP) is 1.08. The Morgan fingerprint density at radius 3 is 2.57 bits per heavy atom. The van der Waals surface area contributed by atoms with Gasteiger partial charge in [-0.3, -0.25) is 14.5 Å². The lowest BCUT2D eigenvalue weighted by Crippen LogP contribution is -2.34. The monoisotopic (exact) mass is 390 g/mol. The third kappa shape index (κ3) is 3.08. The lowest BCUT2D eigenvalue weighted by Gasteiger charge is -2.15. The molecule has 0 atom stereocenters. The van der Waals surface area contributed by atoms with Crippen molar-refractivity contribution < 1.29 is 33.4 Å². The van der Waals surface area contributed by atoms with Crippen LogP contribution in [0.25, 0.3) is 0 Å². The summed E-state index contributed by atoms with van der Waals surface area (Å²) in [6, 6.07) is 0.456. The number of hydrogen-bond acceptors (Lipinski definition) is 5. The maximum Gasteiger partial charge on any atom is 0.337 e. The average Bonchev–Trinajstić information content (AvgIpc) is 2.75. The summed E-state index contributed by atoms with van der Waals surface area (Å²) >= 11 is 2.72. The molecule has 2 amide bonds. The second-order valence-corrected chi connectivity index (χ2v) is 5.21. The smallest absolute Gasteiger partial charge is 0.337 e. The van der Waals surface area contributed by atoms with Gasteiger partial charge >= 0.3 is 5.97 Å². The molecule has 0 spiro atoms. The molecule has 2 rings (SSSR count). The number of anilines is 1. The molecule has 0 bridgehead atoms. The van der Waals surface area contributed by atoms with Gasteiger partial charge < -0.3 is 15.5 Å². The van der Waals surface area contributed by atoms with E-state index >= 15 is 0 Å². The van der Waals surface area contributed by atoms with E-state index in [4.69, 9.17) is 10.2 Å². The number of carbonyl (C=O) groups excluding carboxylic acids is 2. The number of amides is 2. The Kier molecular flexibility index (Phi) is 4.76. The van der Waals surface area contributed by atoms with Crippen LogP contribution < -0.4 is 5.32 Å². The number of aliphatic hydroxyl groups excluding tert-OH is 1. The number of carboxylic acid groups (broad SMARTS) is 1. The van der Waals surface area contributed by atoms with Crippen LogP contribution in [0, 0.1) is 11.6 Å². The molecule has 0 saturated heterocycles. The molecule has 0 fully saturated rings. The van der Waals surface area contributed by atoms with E-state index in [2.05, 4.69) is 21.2 Å². The molecule has 0 saturated carbocycles. The van der Waals surface area contributed by atoms with Gasteiger partial charge in [-0.2, -0.15) is 0 Å². The van der Waals surface area contributed by atoms with Gasteiger partial charge in [-0.25, -0.2) is 13.6 Å². The summed E-state index contributed by atoms with van der Waals surface area (Å²) in [5, 5.41) is 20.2. The Bertz CT molecular complexity index is 750. The first-order chi connectivity index (χ1) is 10.8. The molecule has 1 heterocycles. The number of nitrogens with zero attached hydrogens (tertiary/aromatic N) is 1. The number of carboxylic acids is 1. The van der Waals surface area contributed by atoms with Crippen molar-refractivity contribution in [2.75, 3.05) is 18.5 Å². The van der Waals surface area contributed by atoms with E-state index in [1.165, 1.54) is 0 Å². The number of carbonyl (C=O) groups is 3. The van der Waals surface area contributed by atoms with Crippen LogP contribution in [0.4, 0.5) is 14.5 Å². The largest absolute Gasteiger partial charge is 0.478 e. The summed E-state index contributed by atoms with van der Waals surface area (Å²) in [5.74, 6) is -5.83. The first-order valence-electron chi connectivity index (χ1n) is 6.14. The van der Waals surface area contributed by atoms with E-state index in [1.807, 2.05) is 0 Å². The number of hydrogen-bond donors (Lipinski definition) is 3. The number of nitrogens with one attached hydrogen (secondary N) is 1. The number of imide groups is 1. The Hall–Kier alpha value is -2.33. The van der Waals surface area contributed by atoms with Crippen LogP contribution in [0.15, 0.2) is 22.3 Å². The van der Waals surface area contributed by atoms with Crippen LogP contribution >= 0.6 is 15.9 Å². The lowest BCUT2D eigenvalue weighted by molar-refractivity contribution is -0.137. The van der Waals surface area contributed by atoms with Gasteiger partial charge in [0, 0.05) is 6.08 Å². The fraction of sp³-hybridized carbons (Fsp3) is 0.154. The predicted molar refractivity (Wildman–Crippen MR) is 76.5 cm³/mol. The van der Waals surface area contributed by atoms with Gasteiger partial charge in [-0.05, 0) is 22.0 Å². The van der Waals surface area contributed by atoms with Gasteiger partial charge in [-0.1, -0.05) is 0 Å². The van der Waals surface area contributed by atoms with E-state index in [-0.39, 0.29) is 12.2 Å². The third-order valence-electron chi connectivity index (χ3n) is 2.99. The summed E-state index contributed by atoms with van der Waals surface area (Å²) in [7, 11) is 0. The maximum absolute atomic E-state index is 13.6. The zero-order valence-corrected chi connectivity index (χ0v) is 12.9. The lowest BCUT2D eigenvalue weighted by atomic mass is 10.1. The minimum Gasteiger partial charge on any atom is -0.478 e. The molecule has 10 heteroatoms. The van der Waals surface area contributed by atoms with Crippen molar-refractivity contribution >= 4 is 39.4 Å². The van der Waals surface area contributed by atoms with Crippen LogP contribution in [0.3, 0.4) is 0 Å². The van der Waals surface area contributed by atoms with E-state index in [0.29, 0.717) is 6.07 Å². The van der Waals surface area contributed by atoms with Crippen LogP contribution in [0.2, 0.25) is 0 Å². The fourth-order valence-electron chi connectivity index (χ4n) is 1.93. The number of halogens is 3. The Balaban J connectivity index is 2.43.